The first-order chi connectivity index (χ1) is 15.6. The quantitative estimate of drug-likeness (QED) is 0.312. The second-order valence-electron chi connectivity index (χ2n) is 7.60. The molecule has 1 fully saturated rings. The number of aromatic nitrogens is 3. The SMILES string of the molecule is Nc1nc2nc(SCc3cccc(Oc4ccccc4)c3)nc(N3CCC(O)CC3)c2s1. The Labute approximate surface area is 194 Å². The lowest BCUT2D eigenvalue weighted by molar-refractivity contribution is 0.145. The molecule has 164 valence electrons. The highest BCUT2D eigenvalue weighted by atomic mass is 32.2. The van der Waals surface area contributed by atoms with Crippen molar-refractivity contribution in [1.29, 1.82) is 0 Å². The number of piperidine rings is 1. The van der Waals surface area contributed by atoms with Gasteiger partial charge in [0.2, 0.25) is 0 Å². The number of thioether (sulfide) groups is 1. The first kappa shape index (κ1) is 21.0. The molecule has 4 aromatic rings. The summed E-state index contributed by atoms with van der Waals surface area (Å²) in [5.74, 6) is 3.17. The lowest BCUT2D eigenvalue weighted by Crippen LogP contribution is -2.36. The van der Waals surface area contributed by atoms with E-state index < -0.39 is 0 Å². The zero-order chi connectivity index (χ0) is 21.9. The molecule has 0 amide bonds. The summed E-state index contributed by atoms with van der Waals surface area (Å²) in [6.45, 7) is 1.52. The van der Waals surface area contributed by atoms with Gasteiger partial charge in [-0.05, 0) is 42.7 Å². The van der Waals surface area contributed by atoms with Gasteiger partial charge < -0.3 is 20.5 Å². The predicted molar refractivity (Wildman–Crippen MR) is 130 cm³/mol. The van der Waals surface area contributed by atoms with Crippen molar-refractivity contribution < 1.29 is 9.84 Å². The van der Waals surface area contributed by atoms with Crippen LogP contribution in [0.5, 0.6) is 11.5 Å². The minimum absolute atomic E-state index is 0.241. The number of aliphatic hydroxyl groups is 1. The molecule has 1 saturated heterocycles. The predicted octanol–water partition coefficient (Wildman–Crippen LogP) is 4.71. The van der Waals surface area contributed by atoms with E-state index in [1.807, 2.05) is 48.5 Å². The van der Waals surface area contributed by atoms with E-state index in [1.165, 1.54) is 11.3 Å². The second-order valence-corrected chi connectivity index (χ2v) is 9.58. The molecule has 0 saturated carbocycles. The van der Waals surface area contributed by atoms with Crippen LogP contribution in [0.4, 0.5) is 10.9 Å². The van der Waals surface area contributed by atoms with Gasteiger partial charge in [0, 0.05) is 18.8 Å². The summed E-state index contributed by atoms with van der Waals surface area (Å²) in [4.78, 5) is 16.1. The van der Waals surface area contributed by atoms with Crippen LogP contribution in [0.1, 0.15) is 18.4 Å². The summed E-state index contributed by atoms with van der Waals surface area (Å²) < 4.78 is 6.85. The number of fused-ring (bicyclic) bond motifs is 1. The van der Waals surface area contributed by atoms with Crippen LogP contribution in [0.3, 0.4) is 0 Å². The lowest BCUT2D eigenvalue weighted by atomic mass is 10.1. The van der Waals surface area contributed by atoms with Gasteiger partial charge in [-0.3, -0.25) is 0 Å². The molecule has 1 aliphatic rings. The van der Waals surface area contributed by atoms with Crippen molar-refractivity contribution in [3.8, 4) is 11.5 Å². The summed E-state index contributed by atoms with van der Waals surface area (Å²) >= 11 is 2.97. The van der Waals surface area contributed by atoms with Crippen LogP contribution >= 0.6 is 23.1 Å². The minimum Gasteiger partial charge on any atom is -0.457 e. The Morgan fingerprint density at radius 2 is 1.81 bits per heavy atom. The molecule has 2 aromatic carbocycles. The van der Waals surface area contributed by atoms with Gasteiger partial charge in [-0.2, -0.15) is 0 Å². The van der Waals surface area contributed by atoms with Crippen LogP contribution in [-0.2, 0) is 5.75 Å². The fraction of sp³-hybridized carbons (Fsp3) is 0.261. The summed E-state index contributed by atoms with van der Waals surface area (Å²) in [6, 6.07) is 17.8. The summed E-state index contributed by atoms with van der Waals surface area (Å²) in [7, 11) is 0. The minimum atomic E-state index is -0.241. The molecule has 0 aliphatic carbocycles. The third-order valence-corrected chi connectivity index (χ3v) is 7.03. The highest BCUT2D eigenvalue weighted by Crippen LogP contribution is 2.35. The maximum Gasteiger partial charge on any atom is 0.191 e. The summed E-state index contributed by atoms with van der Waals surface area (Å²) in [6.07, 6.45) is 1.22. The third-order valence-electron chi connectivity index (χ3n) is 5.24. The van der Waals surface area contributed by atoms with Gasteiger partial charge in [-0.1, -0.05) is 53.4 Å². The number of para-hydroxylation sites is 1. The monoisotopic (exact) mass is 465 g/mol. The second kappa shape index (κ2) is 9.32. The average Bonchev–Trinajstić information content (AvgIpc) is 3.19. The van der Waals surface area contributed by atoms with E-state index in [-0.39, 0.29) is 6.10 Å². The van der Waals surface area contributed by atoms with E-state index in [0.29, 0.717) is 21.7 Å². The van der Waals surface area contributed by atoms with Gasteiger partial charge in [0.1, 0.15) is 16.2 Å². The Morgan fingerprint density at radius 3 is 2.62 bits per heavy atom. The molecule has 0 bridgehead atoms. The van der Waals surface area contributed by atoms with Crippen molar-refractivity contribution in [2.24, 2.45) is 0 Å². The number of nitrogen functional groups attached to an aromatic ring is 1. The molecule has 1 aliphatic heterocycles. The molecule has 0 unspecified atom stereocenters. The maximum atomic E-state index is 9.87. The standard InChI is InChI=1S/C23H23N5O2S2/c24-22-25-20-19(32-22)21(28-11-9-16(29)10-12-28)27-23(26-20)31-14-15-5-4-8-18(13-15)30-17-6-2-1-3-7-17/h1-8,13,16,29H,9-12,14H2,(H2,24,25,26,27). The van der Waals surface area contributed by atoms with Gasteiger partial charge in [0.25, 0.3) is 0 Å². The van der Waals surface area contributed by atoms with Gasteiger partial charge >= 0.3 is 0 Å². The normalized spacial score (nSPS) is 14.7. The molecular formula is C23H23N5O2S2. The van der Waals surface area contributed by atoms with Crippen LogP contribution in [0.2, 0.25) is 0 Å². The number of nitrogens with zero attached hydrogens (tertiary/aromatic N) is 4. The molecule has 3 heterocycles. The zero-order valence-corrected chi connectivity index (χ0v) is 19.0. The van der Waals surface area contributed by atoms with Crippen LogP contribution in [0.25, 0.3) is 10.3 Å². The Balaban J connectivity index is 1.35. The smallest absolute Gasteiger partial charge is 0.191 e. The Kier molecular flexibility index (Phi) is 6.11. The van der Waals surface area contributed by atoms with E-state index in [0.717, 1.165) is 53.5 Å². The number of benzene rings is 2. The number of hydrogen-bond acceptors (Lipinski definition) is 9. The Morgan fingerprint density at radius 1 is 1.03 bits per heavy atom. The highest BCUT2D eigenvalue weighted by Gasteiger charge is 2.23. The maximum absolute atomic E-state index is 9.87. The topological polar surface area (TPSA) is 97.4 Å². The zero-order valence-electron chi connectivity index (χ0n) is 17.3. The van der Waals surface area contributed by atoms with E-state index in [9.17, 15) is 5.11 Å². The number of nitrogens with two attached hydrogens (primary N) is 1. The van der Waals surface area contributed by atoms with Crippen LogP contribution in [0, 0.1) is 0 Å². The van der Waals surface area contributed by atoms with Crippen LogP contribution in [-0.4, -0.2) is 39.3 Å². The summed E-state index contributed by atoms with van der Waals surface area (Å²) in [5.41, 5.74) is 7.72. The van der Waals surface area contributed by atoms with Gasteiger partial charge in [0.15, 0.2) is 21.8 Å². The molecule has 7 nitrogen and oxygen atoms in total. The number of ether oxygens (including phenoxy) is 1. The number of anilines is 2. The number of aliphatic hydroxyl groups excluding tert-OH is 1. The van der Waals surface area contributed by atoms with Crippen molar-refractivity contribution >= 4 is 44.4 Å². The first-order valence-electron chi connectivity index (χ1n) is 10.5. The third kappa shape index (κ3) is 4.79. The Hall–Kier alpha value is -2.88. The van der Waals surface area contributed by atoms with Crippen molar-refractivity contribution in [3.63, 3.8) is 0 Å². The highest BCUT2D eigenvalue weighted by molar-refractivity contribution is 7.98. The molecule has 5 rings (SSSR count). The van der Waals surface area contributed by atoms with Gasteiger partial charge in [-0.15, -0.1) is 0 Å². The van der Waals surface area contributed by atoms with E-state index >= 15 is 0 Å². The molecule has 3 N–H and O–H groups in total. The largest absolute Gasteiger partial charge is 0.457 e. The van der Waals surface area contributed by atoms with Crippen molar-refractivity contribution in [2.45, 2.75) is 29.9 Å². The molecule has 32 heavy (non-hydrogen) atoms. The van der Waals surface area contributed by atoms with Crippen molar-refractivity contribution in [1.82, 2.24) is 15.0 Å². The molecule has 0 atom stereocenters. The van der Waals surface area contributed by atoms with Gasteiger partial charge in [0.05, 0.1) is 6.10 Å². The van der Waals surface area contributed by atoms with Crippen LogP contribution in [0.15, 0.2) is 59.8 Å². The lowest BCUT2D eigenvalue weighted by Gasteiger charge is -2.30. The first-order valence-corrected chi connectivity index (χ1v) is 12.3. The van der Waals surface area contributed by atoms with Crippen molar-refractivity contribution in [3.05, 3.63) is 60.2 Å². The number of hydrogen-bond donors (Lipinski definition) is 2. The van der Waals surface area contributed by atoms with Crippen molar-refractivity contribution in [2.75, 3.05) is 23.7 Å². The molecule has 2 aromatic heterocycles. The average molecular weight is 466 g/mol. The number of thiazole rings is 1. The summed E-state index contributed by atoms with van der Waals surface area (Å²) in [5, 5.41) is 11.0. The fourth-order valence-electron chi connectivity index (χ4n) is 3.63. The molecule has 0 radical (unpaired) electrons. The number of rotatable bonds is 6. The van der Waals surface area contributed by atoms with E-state index in [2.05, 4.69) is 20.9 Å². The molecule has 9 heteroatoms. The molecular weight excluding hydrogens is 442 g/mol. The van der Waals surface area contributed by atoms with E-state index in [4.69, 9.17) is 15.5 Å². The molecule has 0 spiro atoms. The Bertz CT molecular complexity index is 1210. The van der Waals surface area contributed by atoms with E-state index in [1.54, 1.807) is 11.8 Å². The van der Waals surface area contributed by atoms with Gasteiger partial charge in [-0.25, -0.2) is 15.0 Å². The fourth-order valence-corrected chi connectivity index (χ4v) is 5.20. The van der Waals surface area contributed by atoms with Crippen LogP contribution < -0.4 is 15.4 Å².